The van der Waals surface area contributed by atoms with Gasteiger partial charge in [0.15, 0.2) is 6.20 Å². The Bertz CT molecular complexity index is 1110. The lowest BCUT2D eigenvalue weighted by Gasteiger charge is -2.33. The van der Waals surface area contributed by atoms with E-state index in [-0.39, 0.29) is 0 Å². The van der Waals surface area contributed by atoms with E-state index >= 15 is 0 Å². The molecule has 2 aromatic carbocycles. The van der Waals surface area contributed by atoms with Gasteiger partial charge in [-0.1, -0.05) is 68.7 Å². The molecule has 0 N–H and O–H groups in total. The Balaban J connectivity index is 1.54. The Hall–Kier alpha value is -1.93. The van der Waals surface area contributed by atoms with E-state index in [9.17, 15) is 0 Å². The SMILES string of the molecule is Cc1ccc(C2CCCCC2)cc1-c1c2ccc(C3CC[Si](C)(C)CC3)cc2cc[n+]1C. The van der Waals surface area contributed by atoms with E-state index in [1.807, 2.05) is 0 Å². The summed E-state index contributed by atoms with van der Waals surface area (Å²) in [5.74, 6) is 1.50. The molecule has 0 bridgehead atoms. The minimum Gasteiger partial charge on any atom is -0.200 e. The van der Waals surface area contributed by atoms with Gasteiger partial charge in [0, 0.05) is 19.7 Å². The second kappa shape index (κ2) is 8.78. The summed E-state index contributed by atoms with van der Waals surface area (Å²) in [4.78, 5) is 0. The van der Waals surface area contributed by atoms with E-state index in [0.29, 0.717) is 0 Å². The van der Waals surface area contributed by atoms with Gasteiger partial charge in [-0.2, -0.15) is 0 Å². The topological polar surface area (TPSA) is 3.88 Å². The summed E-state index contributed by atoms with van der Waals surface area (Å²) in [5, 5.41) is 2.80. The van der Waals surface area contributed by atoms with E-state index in [0.717, 1.165) is 11.8 Å². The van der Waals surface area contributed by atoms with Crippen molar-refractivity contribution in [3.05, 3.63) is 65.4 Å². The third-order valence-electron chi connectivity index (χ3n) is 8.57. The predicted molar refractivity (Wildman–Crippen MR) is 140 cm³/mol. The van der Waals surface area contributed by atoms with Crippen LogP contribution >= 0.6 is 0 Å². The highest BCUT2D eigenvalue weighted by Gasteiger charge is 2.29. The number of rotatable bonds is 3. The Morgan fingerprint density at radius 2 is 1.44 bits per heavy atom. The van der Waals surface area contributed by atoms with Crippen molar-refractivity contribution in [1.29, 1.82) is 0 Å². The van der Waals surface area contributed by atoms with Crippen LogP contribution in [-0.2, 0) is 7.05 Å². The Morgan fingerprint density at radius 3 is 2.19 bits per heavy atom. The number of nitrogens with zero attached hydrogens (tertiary/aromatic N) is 1. The van der Waals surface area contributed by atoms with Crippen LogP contribution in [0.2, 0.25) is 25.2 Å². The fourth-order valence-electron chi connectivity index (χ4n) is 6.30. The van der Waals surface area contributed by atoms with Gasteiger partial charge in [0.05, 0.1) is 5.39 Å². The van der Waals surface area contributed by atoms with Crippen molar-refractivity contribution in [3.8, 4) is 11.3 Å². The first-order chi connectivity index (χ1) is 15.4. The van der Waals surface area contributed by atoms with Crippen molar-refractivity contribution in [1.82, 2.24) is 0 Å². The number of benzene rings is 2. The summed E-state index contributed by atoms with van der Waals surface area (Å²) in [6.07, 6.45) is 11.9. The van der Waals surface area contributed by atoms with Gasteiger partial charge in [0.2, 0.25) is 5.69 Å². The van der Waals surface area contributed by atoms with Crippen LogP contribution in [-0.4, -0.2) is 8.07 Å². The largest absolute Gasteiger partial charge is 0.220 e. The average Bonchev–Trinajstić information content (AvgIpc) is 2.80. The van der Waals surface area contributed by atoms with Crippen LogP contribution in [0, 0.1) is 6.92 Å². The smallest absolute Gasteiger partial charge is 0.200 e. The lowest BCUT2D eigenvalue weighted by Crippen LogP contribution is -2.31. The van der Waals surface area contributed by atoms with E-state index in [4.69, 9.17) is 0 Å². The van der Waals surface area contributed by atoms with E-state index in [2.05, 4.69) is 80.3 Å². The second-order valence-electron chi connectivity index (χ2n) is 11.5. The lowest BCUT2D eigenvalue weighted by atomic mass is 9.82. The van der Waals surface area contributed by atoms with Crippen molar-refractivity contribution in [2.45, 2.75) is 88.9 Å². The molecule has 168 valence electrons. The number of hydrogen-bond donors (Lipinski definition) is 0. The zero-order chi connectivity index (χ0) is 22.3. The summed E-state index contributed by atoms with van der Waals surface area (Å²) in [6, 6.07) is 19.9. The van der Waals surface area contributed by atoms with E-state index in [1.54, 1.807) is 11.1 Å². The number of hydrogen-bond acceptors (Lipinski definition) is 0. The molecule has 1 saturated heterocycles. The molecule has 0 unspecified atom stereocenters. The molecule has 1 saturated carbocycles. The van der Waals surface area contributed by atoms with E-state index < -0.39 is 8.07 Å². The maximum absolute atomic E-state index is 2.57. The minimum atomic E-state index is -0.909. The molecule has 0 amide bonds. The number of aromatic nitrogens is 1. The van der Waals surface area contributed by atoms with Crippen molar-refractivity contribution >= 4 is 18.8 Å². The van der Waals surface area contributed by atoms with Crippen LogP contribution in [0.1, 0.15) is 73.5 Å². The van der Waals surface area contributed by atoms with Gasteiger partial charge < -0.3 is 0 Å². The van der Waals surface area contributed by atoms with Crippen LogP contribution in [0.4, 0.5) is 0 Å². The van der Waals surface area contributed by atoms with Gasteiger partial charge in [-0.15, -0.1) is 0 Å². The Labute approximate surface area is 195 Å². The summed E-state index contributed by atoms with van der Waals surface area (Å²) in [7, 11) is 1.30. The van der Waals surface area contributed by atoms with Gasteiger partial charge in [-0.05, 0) is 78.7 Å². The van der Waals surface area contributed by atoms with E-state index in [1.165, 1.54) is 84.6 Å². The number of aryl methyl sites for hydroxylation is 2. The molecule has 1 aromatic heterocycles. The van der Waals surface area contributed by atoms with Crippen LogP contribution in [0.25, 0.3) is 22.0 Å². The molecule has 2 heterocycles. The molecular formula is C30H40NSi+. The summed E-state index contributed by atoms with van der Waals surface area (Å²) in [6.45, 7) is 7.42. The molecule has 0 radical (unpaired) electrons. The summed E-state index contributed by atoms with van der Waals surface area (Å²) >= 11 is 0. The molecule has 0 atom stereocenters. The van der Waals surface area contributed by atoms with Gasteiger partial charge in [-0.3, -0.25) is 0 Å². The highest BCUT2D eigenvalue weighted by molar-refractivity contribution is 6.77. The quantitative estimate of drug-likeness (QED) is 0.284. The molecule has 1 nitrogen and oxygen atoms in total. The normalized spacial score (nSPS) is 20.0. The third kappa shape index (κ3) is 4.31. The molecule has 5 rings (SSSR count). The molecule has 2 fully saturated rings. The fourth-order valence-corrected chi connectivity index (χ4v) is 8.81. The summed E-state index contributed by atoms with van der Waals surface area (Å²) in [5.41, 5.74) is 7.29. The van der Waals surface area contributed by atoms with Gasteiger partial charge in [-0.25, -0.2) is 4.57 Å². The molecule has 2 aliphatic rings. The van der Waals surface area contributed by atoms with Crippen molar-refractivity contribution in [3.63, 3.8) is 0 Å². The first kappa shape index (κ1) is 21.9. The number of fused-ring (bicyclic) bond motifs is 1. The highest BCUT2D eigenvalue weighted by atomic mass is 28.3. The molecule has 1 aliphatic heterocycles. The number of pyridine rings is 1. The summed E-state index contributed by atoms with van der Waals surface area (Å²) < 4.78 is 2.34. The van der Waals surface area contributed by atoms with Gasteiger partial charge >= 0.3 is 0 Å². The van der Waals surface area contributed by atoms with Crippen LogP contribution in [0.3, 0.4) is 0 Å². The zero-order valence-electron chi connectivity index (χ0n) is 20.6. The fraction of sp³-hybridized carbons (Fsp3) is 0.500. The maximum atomic E-state index is 2.57. The molecule has 32 heavy (non-hydrogen) atoms. The van der Waals surface area contributed by atoms with Crippen molar-refractivity contribution < 1.29 is 4.57 Å². The Kier molecular flexibility index (Phi) is 6.01. The van der Waals surface area contributed by atoms with Crippen molar-refractivity contribution in [2.24, 2.45) is 7.05 Å². The van der Waals surface area contributed by atoms with Crippen molar-refractivity contribution in [2.75, 3.05) is 0 Å². The molecule has 2 heteroatoms. The standard InChI is InChI=1S/C30H40NSi/c1-22-10-11-26(23-8-6-5-7-9-23)21-29(22)30-28-13-12-25(20-27(28)14-17-31(30)2)24-15-18-32(3,4)19-16-24/h10-14,17,20-21,23-24H,5-9,15-16,18-19H2,1-4H3/q+1. The molecule has 3 aromatic rings. The maximum Gasteiger partial charge on any atom is 0.220 e. The first-order valence-electron chi connectivity index (χ1n) is 12.9. The predicted octanol–water partition coefficient (Wildman–Crippen LogP) is 8.27. The second-order valence-corrected chi connectivity index (χ2v) is 16.8. The van der Waals surface area contributed by atoms with Gasteiger partial charge in [0.1, 0.15) is 7.05 Å². The minimum absolute atomic E-state index is 0.745. The monoisotopic (exact) mass is 442 g/mol. The molecular weight excluding hydrogens is 402 g/mol. The molecule has 1 aliphatic carbocycles. The van der Waals surface area contributed by atoms with Gasteiger partial charge in [0.25, 0.3) is 0 Å². The Morgan fingerprint density at radius 1 is 0.781 bits per heavy atom. The third-order valence-corrected chi connectivity index (χ3v) is 11.8. The van der Waals surface area contributed by atoms with Crippen LogP contribution in [0.15, 0.2) is 48.7 Å². The molecule has 0 spiro atoms. The highest BCUT2D eigenvalue weighted by Crippen LogP contribution is 2.40. The van der Waals surface area contributed by atoms with Crippen LogP contribution < -0.4 is 4.57 Å². The van der Waals surface area contributed by atoms with Crippen LogP contribution in [0.5, 0.6) is 0 Å². The lowest BCUT2D eigenvalue weighted by molar-refractivity contribution is -0.659. The zero-order valence-corrected chi connectivity index (χ0v) is 21.6. The first-order valence-corrected chi connectivity index (χ1v) is 16.4. The average molecular weight is 443 g/mol.